The standard InChI is InChI=1S/C19H30N2O/c1-14-4-6-18(15(2)12-14)13-16(3)21-19(22)7-5-17-8-10-20-11-9-17/h4,6,12,16-17,20H,5,7-11,13H2,1-3H3,(H,21,22). The molecule has 0 spiro atoms. The predicted molar refractivity (Wildman–Crippen MR) is 92.1 cm³/mol. The number of hydrogen-bond donors (Lipinski definition) is 2. The molecule has 1 heterocycles. The number of aryl methyl sites for hydroxylation is 2. The van der Waals surface area contributed by atoms with Crippen LogP contribution in [-0.4, -0.2) is 25.0 Å². The monoisotopic (exact) mass is 302 g/mol. The second kappa shape index (κ2) is 8.33. The van der Waals surface area contributed by atoms with Gasteiger partial charge in [0.15, 0.2) is 0 Å². The fraction of sp³-hybridized carbons (Fsp3) is 0.632. The summed E-state index contributed by atoms with van der Waals surface area (Å²) >= 11 is 0. The maximum absolute atomic E-state index is 12.1. The van der Waals surface area contributed by atoms with Gasteiger partial charge in [0.05, 0.1) is 0 Å². The smallest absolute Gasteiger partial charge is 0.220 e. The van der Waals surface area contributed by atoms with Gasteiger partial charge in [-0.05, 0) is 76.6 Å². The van der Waals surface area contributed by atoms with Crippen molar-refractivity contribution in [3.8, 4) is 0 Å². The largest absolute Gasteiger partial charge is 0.353 e. The van der Waals surface area contributed by atoms with Crippen LogP contribution in [0.15, 0.2) is 18.2 Å². The van der Waals surface area contributed by atoms with Crippen molar-refractivity contribution >= 4 is 5.91 Å². The maximum atomic E-state index is 12.1. The molecule has 0 bridgehead atoms. The van der Waals surface area contributed by atoms with E-state index in [1.807, 2.05) is 0 Å². The second-order valence-corrected chi connectivity index (χ2v) is 6.83. The van der Waals surface area contributed by atoms with E-state index in [0.717, 1.165) is 31.8 Å². The average molecular weight is 302 g/mol. The molecule has 0 saturated carbocycles. The van der Waals surface area contributed by atoms with Crippen molar-refractivity contribution in [3.05, 3.63) is 34.9 Å². The summed E-state index contributed by atoms with van der Waals surface area (Å²) in [7, 11) is 0. The third kappa shape index (κ3) is 5.45. The lowest BCUT2D eigenvalue weighted by Gasteiger charge is -2.22. The molecule has 0 radical (unpaired) electrons. The summed E-state index contributed by atoms with van der Waals surface area (Å²) in [4.78, 5) is 12.1. The van der Waals surface area contributed by atoms with Crippen molar-refractivity contribution in [2.45, 2.75) is 58.9 Å². The first-order valence-corrected chi connectivity index (χ1v) is 8.61. The van der Waals surface area contributed by atoms with Gasteiger partial charge in [-0.1, -0.05) is 23.8 Å². The number of hydrogen-bond acceptors (Lipinski definition) is 2. The van der Waals surface area contributed by atoms with Crippen molar-refractivity contribution < 1.29 is 4.79 Å². The molecule has 0 aromatic heterocycles. The number of piperidine rings is 1. The minimum Gasteiger partial charge on any atom is -0.353 e. The molecule has 22 heavy (non-hydrogen) atoms. The van der Waals surface area contributed by atoms with Crippen LogP contribution in [0.2, 0.25) is 0 Å². The van der Waals surface area contributed by atoms with E-state index in [9.17, 15) is 4.79 Å². The predicted octanol–water partition coefficient (Wildman–Crippen LogP) is 3.13. The van der Waals surface area contributed by atoms with Crippen LogP contribution in [0.1, 0.15) is 49.3 Å². The summed E-state index contributed by atoms with van der Waals surface area (Å²) in [6.07, 6.45) is 5.04. The molecule has 3 heteroatoms. The van der Waals surface area contributed by atoms with Crippen molar-refractivity contribution in [3.63, 3.8) is 0 Å². The molecular formula is C19H30N2O. The Balaban J connectivity index is 1.73. The number of benzene rings is 1. The van der Waals surface area contributed by atoms with Gasteiger partial charge in [0.25, 0.3) is 0 Å². The fourth-order valence-corrected chi connectivity index (χ4v) is 3.31. The molecule has 1 aliphatic heterocycles. The summed E-state index contributed by atoms with van der Waals surface area (Å²) in [5.74, 6) is 0.928. The minimum absolute atomic E-state index is 0.196. The zero-order chi connectivity index (χ0) is 15.9. The highest BCUT2D eigenvalue weighted by Crippen LogP contribution is 2.18. The van der Waals surface area contributed by atoms with E-state index in [1.54, 1.807) is 0 Å². The summed E-state index contributed by atoms with van der Waals surface area (Å²) in [5, 5.41) is 6.53. The third-order valence-electron chi connectivity index (χ3n) is 4.67. The van der Waals surface area contributed by atoms with Crippen molar-refractivity contribution in [2.75, 3.05) is 13.1 Å². The van der Waals surface area contributed by atoms with Crippen molar-refractivity contribution in [1.82, 2.24) is 10.6 Å². The highest BCUT2D eigenvalue weighted by Gasteiger charge is 2.15. The van der Waals surface area contributed by atoms with Crippen LogP contribution in [0, 0.1) is 19.8 Å². The van der Waals surface area contributed by atoms with E-state index < -0.39 is 0 Å². The Bertz CT molecular complexity index is 492. The Morgan fingerprint density at radius 2 is 2.05 bits per heavy atom. The van der Waals surface area contributed by atoms with E-state index in [0.29, 0.717) is 6.42 Å². The fourth-order valence-electron chi connectivity index (χ4n) is 3.31. The second-order valence-electron chi connectivity index (χ2n) is 6.83. The zero-order valence-electron chi connectivity index (χ0n) is 14.2. The average Bonchev–Trinajstić information content (AvgIpc) is 2.49. The molecule has 1 aliphatic rings. The van der Waals surface area contributed by atoms with Crippen LogP contribution in [0.4, 0.5) is 0 Å². The Morgan fingerprint density at radius 3 is 2.73 bits per heavy atom. The highest BCUT2D eigenvalue weighted by atomic mass is 16.1. The van der Waals surface area contributed by atoms with Gasteiger partial charge < -0.3 is 10.6 Å². The van der Waals surface area contributed by atoms with Gasteiger partial charge in [0.1, 0.15) is 0 Å². The van der Waals surface area contributed by atoms with Crippen LogP contribution >= 0.6 is 0 Å². The summed E-state index contributed by atoms with van der Waals surface area (Å²) < 4.78 is 0. The first-order chi connectivity index (χ1) is 10.5. The Kier molecular flexibility index (Phi) is 6.44. The Morgan fingerprint density at radius 1 is 1.32 bits per heavy atom. The molecule has 122 valence electrons. The van der Waals surface area contributed by atoms with Gasteiger partial charge in [0, 0.05) is 12.5 Å². The number of nitrogens with one attached hydrogen (secondary N) is 2. The third-order valence-corrected chi connectivity index (χ3v) is 4.67. The Labute approximate surface area is 134 Å². The van der Waals surface area contributed by atoms with E-state index in [1.165, 1.54) is 29.5 Å². The van der Waals surface area contributed by atoms with Gasteiger partial charge in [-0.15, -0.1) is 0 Å². The highest BCUT2D eigenvalue weighted by molar-refractivity contribution is 5.76. The lowest BCUT2D eigenvalue weighted by Crippen LogP contribution is -2.35. The first kappa shape index (κ1) is 17.0. The molecule has 0 aliphatic carbocycles. The van der Waals surface area contributed by atoms with Crippen molar-refractivity contribution in [1.29, 1.82) is 0 Å². The first-order valence-electron chi connectivity index (χ1n) is 8.61. The molecule has 1 atom stereocenters. The number of carbonyl (C=O) groups is 1. The summed E-state index contributed by atoms with van der Waals surface area (Å²) in [5.41, 5.74) is 3.94. The summed E-state index contributed by atoms with van der Waals surface area (Å²) in [6, 6.07) is 6.74. The molecule has 2 rings (SSSR count). The van der Waals surface area contributed by atoms with Crippen molar-refractivity contribution in [2.24, 2.45) is 5.92 Å². The normalized spacial score (nSPS) is 17.2. The van der Waals surface area contributed by atoms with E-state index >= 15 is 0 Å². The lowest BCUT2D eigenvalue weighted by atomic mass is 9.93. The summed E-state index contributed by atoms with van der Waals surface area (Å²) in [6.45, 7) is 8.57. The van der Waals surface area contributed by atoms with Crippen LogP contribution < -0.4 is 10.6 Å². The number of amides is 1. The molecule has 1 fully saturated rings. The topological polar surface area (TPSA) is 41.1 Å². The van der Waals surface area contributed by atoms with Gasteiger partial charge in [0.2, 0.25) is 5.91 Å². The molecule has 3 nitrogen and oxygen atoms in total. The Hall–Kier alpha value is -1.35. The quantitative estimate of drug-likeness (QED) is 0.847. The molecule has 1 aromatic carbocycles. The molecule has 1 aromatic rings. The lowest BCUT2D eigenvalue weighted by molar-refractivity contribution is -0.122. The van der Waals surface area contributed by atoms with E-state index in [4.69, 9.17) is 0 Å². The number of rotatable bonds is 6. The van der Waals surface area contributed by atoms with Gasteiger partial charge in [-0.2, -0.15) is 0 Å². The van der Waals surface area contributed by atoms with Crippen LogP contribution in [0.5, 0.6) is 0 Å². The molecule has 2 N–H and O–H groups in total. The molecule has 1 amide bonds. The van der Waals surface area contributed by atoms with Gasteiger partial charge in [-0.25, -0.2) is 0 Å². The molecule has 1 saturated heterocycles. The van der Waals surface area contributed by atoms with Gasteiger partial charge >= 0.3 is 0 Å². The maximum Gasteiger partial charge on any atom is 0.220 e. The number of carbonyl (C=O) groups excluding carboxylic acids is 1. The minimum atomic E-state index is 0.196. The van der Waals surface area contributed by atoms with E-state index in [2.05, 4.69) is 49.6 Å². The van der Waals surface area contributed by atoms with Gasteiger partial charge in [-0.3, -0.25) is 4.79 Å². The molecular weight excluding hydrogens is 272 g/mol. The molecule has 1 unspecified atom stereocenters. The van der Waals surface area contributed by atoms with Crippen LogP contribution in [0.25, 0.3) is 0 Å². The zero-order valence-corrected chi connectivity index (χ0v) is 14.2. The van der Waals surface area contributed by atoms with E-state index in [-0.39, 0.29) is 11.9 Å². The van der Waals surface area contributed by atoms with Crippen LogP contribution in [0.3, 0.4) is 0 Å². The SMILES string of the molecule is Cc1ccc(CC(C)NC(=O)CCC2CCNCC2)c(C)c1. The van der Waals surface area contributed by atoms with Crippen LogP contribution in [-0.2, 0) is 11.2 Å².